The van der Waals surface area contributed by atoms with Gasteiger partial charge in [-0.05, 0) is 30.4 Å². The average molecular weight is 302 g/mol. The molecule has 1 saturated heterocycles. The van der Waals surface area contributed by atoms with Gasteiger partial charge in [0.2, 0.25) is 0 Å². The fourth-order valence-electron chi connectivity index (χ4n) is 2.00. The van der Waals surface area contributed by atoms with Crippen LogP contribution in [0.4, 0.5) is 0 Å². The highest BCUT2D eigenvalue weighted by Crippen LogP contribution is 2.13. The first kappa shape index (κ1) is 16.8. The Bertz CT molecular complexity index is 337. The highest BCUT2D eigenvalue weighted by molar-refractivity contribution is 7.98. The van der Waals surface area contributed by atoms with Crippen LogP contribution in [0, 0.1) is 0 Å². The zero-order chi connectivity index (χ0) is 14.1. The summed E-state index contributed by atoms with van der Waals surface area (Å²) in [7, 11) is 0. The van der Waals surface area contributed by atoms with E-state index in [9.17, 15) is 0 Å². The van der Waals surface area contributed by atoms with Crippen molar-refractivity contribution in [3.63, 3.8) is 0 Å². The Hall–Kier alpha value is -0.220. The van der Waals surface area contributed by atoms with Crippen molar-refractivity contribution in [1.82, 2.24) is 5.32 Å². The molecule has 1 fully saturated rings. The Balaban J connectivity index is 0.000000861. The molecule has 2 unspecified atom stereocenters. The van der Waals surface area contributed by atoms with E-state index in [1.165, 1.54) is 5.56 Å². The molecule has 0 aromatic heterocycles. The van der Waals surface area contributed by atoms with Gasteiger partial charge in [0, 0.05) is 23.4 Å². The number of morpholine rings is 1. The molecule has 1 aliphatic heterocycles. The van der Waals surface area contributed by atoms with Crippen molar-refractivity contribution >= 4 is 23.4 Å². The summed E-state index contributed by atoms with van der Waals surface area (Å²) in [5, 5.41) is 4.34. The summed E-state index contributed by atoms with van der Waals surface area (Å²) in [6.07, 6.45) is 3.48. The van der Waals surface area contributed by atoms with Crippen molar-refractivity contribution < 1.29 is 4.74 Å². The molecule has 0 bridgehead atoms. The standard InChI is InChI=1S/C13H18ClNOS.C2H6/c1-17-9-13-7-15-12(8-16-13)6-10-2-4-11(14)5-3-10;1-2/h2-5,12-13,15H,6-9H2,1H3;1-2H3. The van der Waals surface area contributed by atoms with Crippen molar-refractivity contribution in [3.05, 3.63) is 34.9 Å². The van der Waals surface area contributed by atoms with Crippen LogP contribution in [-0.2, 0) is 11.2 Å². The van der Waals surface area contributed by atoms with Crippen LogP contribution in [-0.4, -0.2) is 37.3 Å². The summed E-state index contributed by atoms with van der Waals surface area (Å²) in [5.74, 6) is 1.07. The largest absolute Gasteiger partial charge is 0.374 e. The van der Waals surface area contributed by atoms with Crippen LogP contribution in [0.5, 0.6) is 0 Å². The summed E-state index contributed by atoms with van der Waals surface area (Å²) in [4.78, 5) is 0. The van der Waals surface area contributed by atoms with Crippen LogP contribution in [0.3, 0.4) is 0 Å². The summed E-state index contributed by atoms with van der Waals surface area (Å²) in [6.45, 7) is 5.76. The van der Waals surface area contributed by atoms with Crippen LogP contribution in [0.15, 0.2) is 24.3 Å². The molecule has 1 heterocycles. The first-order chi connectivity index (χ1) is 9.28. The van der Waals surface area contributed by atoms with E-state index in [0.29, 0.717) is 12.1 Å². The molecule has 1 aromatic carbocycles. The molecule has 2 nitrogen and oxygen atoms in total. The second-order valence-electron chi connectivity index (χ2n) is 4.35. The number of nitrogens with one attached hydrogen (secondary N) is 1. The van der Waals surface area contributed by atoms with E-state index in [1.807, 2.05) is 37.7 Å². The molecular formula is C15H24ClNOS. The maximum absolute atomic E-state index is 5.87. The molecule has 2 rings (SSSR count). The lowest BCUT2D eigenvalue weighted by Crippen LogP contribution is -2.48. The molecule has 108 valence electrons. The van der Waals surface area contributed by atoms with Crippen LogP contribution < -0.4 is 5.32 Å². The monoisotopic (exact) mass is 301 g/mol. The highest BCUT2D eigenvalue weighted by Gasteiger charge is 2.20. The maximum atomic E-state index is 5.87. The van der Waals surface area contributed by atoms with Gasteiger partial charge in [-0.2, -0.15) is 11.8 Å². The zero-order valence-electron chi connectivity index (χ0n) is 12.0. The Labute approximate surface area is 126 Å². The molecule has 2 atom stereocenters. The molecule has 1 aliphatic rings. The van der Waals surface area contributed by atoms with Crippen molar-refractivity contribution in [3.8, 4) is 0 Å². The van der Waals surface area contributed by atoms with Gasteiger partial charge in [0.15, 0.2) is 0 Å². The topological polar surface area (TPSA) is 21.3 Å². The van der Waals surface area contributed by atoms with E-state index in [2.05, 4.69) is 23.7 Å². The number of rotatable bonds is 4. The van der Waals surface area contributed by atoms with E-state index in [-0.39, 0.29) is 0 Å². The Kier molecular flexibility index (Phi) is 8.55. The smallest absolute Gasteiger partial charge is 0.0790 e. The van der Waals surface area contributed by atoms with Crippen LogP contribution in [0.1, 0.15) is 19.4 Å². The third kappa shape index (κ3) is 6.17. The lowest BCUT2D eigenvalue weighted by Gasteiger charge is -2.30. The van der Waals surface area contributed by atoms with Crippen molar-refractivity contribution in [1.29, 1.82) is 0 Å². The number of hydrogen-bond donors (Lipinski definition) is 1. The highest BCUT2D eigenvalue weighted by atomic mass is 35.5. The third-order valence-corrected chi connectivity index (χ3v) is 3.87. The van der Waals surface area contributed by atoms with Crippen LogP contribution in [0.2, 0.25) is 5.02 Å². The predicted molar refractivity (Wildman–Crippen MR) is 86.4 cm³/mol. The molecule has 0 spiro atoms. The van der Waals surface area contributed by atoms with Gasteiger partial charge < -0.3 is 10.1 Å². The maximum Gasteiger partial charge on any atom is 0.0790 e. The molecule has 0 amide bonds. The van der Waals surface area contributed by atoms with Crippen molar-refractivity contribution in [2.24, 2.45) is 0 Å². The number of ether oxygens (including phenoxy) is 1. The molecule has 0 radical (unpaired) electrons. The summed E-state index contributed by atoms with van der Waals surface area (Å²) in [6, 6.07) is 8.47. The minimum absolute atomic E-state index is 0.367. The second kappa shape index (κ2) is 9.65. The molecule has 0 aliphatic carbocycles. The lowest BCUT2D eigenvalue weighted by atomic mass is 10.1. The quantitative estimate of drug-likeness (QED) is 0.917. The third-order valence-electron chi connectivity index (χ3n) is 2.92. The molecule has 1 aromatic rings. The van der Waals surface area contributed by atoms with Gasteiger partial charge in [0.25, 0.3) is 0 Å². The second-order valence-corrected chi connectivity index (χ2v) is 5.69. The van der Waals surface area contributed by atoms with Crippen LogP contribution >= 0.6 is 23.4 Å². The number of hydrogen-bond acceptors (Lipinski definition) is 3. The fraction of sp³-hybridized carbons (Fsp3) is 0.600. The van der Waals surface area contributed by atoms with Crippen molar-refractivity contribution in [2.45, 2.75) is 32.4 Å². The van der Waals surface area contributed by atoms with Gasteiger partial charge in [-0.1, -0.05) is 37.6 Å². The van der Waals surface area contributed by atoms with E-state index in [1.54, 1.807) is 0 Å². The predicted octanol–water partition coefficient (Wildman–Crippen LogP) is 3.63. The van der Waals surface area contributed by atoms with Gasteiger partial charge >= 0.3 is 0 Å². The zero-order valence-corrected chi connectivity index (χ0v) is 13.6. The normalized spacial score (nSPS) is 22.5. The SMILES string of the molecule is CC.CSCC1CNC(Cc2ccc(Cl)cc2)CO1. The van der Waals surface area contributed by atoms with Crippen molar-refractivity contribution in [2.75, 3.05) is 25.2 Å². The Morgan fingerprint density at radius 2 is 2.00 bits per heavy atom. The Morgan fingerprint density at radius 3 is 2.53 bits per heavy atom. The van der Waals surface area contributed by atoms with Crippen LogP contribution in [0.25, 0.3) is 0 Å². The molecule has 4 heteroatoms. The fourth-order valence-corrected chi connectivity index (χ4v) is 2.71. The summed E-state index contributed by atoms with van der Waals surface area (Å²) < 4.78 is 5.82. The van der Waals surface area contributed by atoms with Gasteiger partial charge in [0.1, 0.15) is 0 Å². The van der Waals surface area contributed by atoms with E-state index in [4.69, 9.17) is 16.3 Å². The molecular weight excluding hydrogens is 278 g/mol. The van der Waals surface area contributed by atoms with Gasteiger partial charge in [0.05, 0.1) is 12.7 Å². The van der Waals surface area contributed by atoms with E-state index >= 15 is 0 Å². The Morgan fingerprint density at radius 1 is 1.32 bits per heavy atom. The van der Waals surface area contributed by atoms with Gasteiger partial charge in [-0.3, -0.25) is 0 Å². The minimum Gasteiger partial charge on any atom is -0.374 e. The first-order valence-corrected chi connectivity index (χ1v) is 8.63. The molecule has 0 saturated carbocycles. The molecule has 1 N–H and O–H groups in total. The number of thioether (sulfide) groups is 1. The minimum atomic E-state index is 0.367. The van der Waals surface area contributed by atoms with Gasteiger partial charge in [-0.15, -0.1) is 0 Å². The number of benzene rings is 1. The lowest BCUT2D eigenvalue weighted by molar-refractivity contribution is 0.0183. The molecule has 19 heavy (non-hydrogen) atoms. The summed E-state index contributed by atoms with van der Waals surface area (Å²) in [5.41, 5.74) is 1.30. The average Bonchev–Trinajstić information content (AvgIpc) is 2.46. The summed E-state index contributed by atoms with van der Waals surface area (Å²) >= 11 is 7.70. The first-order valence-electron chi connectivity index (χ1n) is 6.86. The van der Waals surface area contributed by atoms with E-state index in [0.717, 1.165) is 30.3 Å². The number of halogens is 1. The van der Waals surface area contributed by atoms with E-state index < -0.39 is 0 Å². The van der Waals surface area contributed by atoms with Gasteiger partial charge in [-0.25, -0.2) is 0 Å².